The highest BCUT2D eigenvalue weighted by Crippen LogP contribution is 2.24. The van der Waals surface area contributed by atoms with Crippen LogP contribution in [0.15, 0.2) is 35.2 Å². The van der Waals surface area contributed by atoms with Gasteiger partial charge in [-0.05, 0) is 18.1 Å². The van der Waals surface area contributed by atoms with Crippen LogP contribution in [0.3, 0.4) is 0 Å². The highest BCUT2D eigenvalue weighted by Gasteiger charge is 2.38. The second-order valence-corrected chi connectivity index (χ2v) is 6.26. The molecule has 2 atom stereocenters. The number of methoxy groups -OCH3 is 1. The molecule has 0 spiro atoms. The normalized spacial score (nSPS) is 14.8. The lowest BCUT2D eigenvalue weighted by atomic mass is 10.1. The lowest BCUT2D eigenvalue weighted by molar-refractivity contribution is -0.141. The minimum absolute atomic E-state index is 0.153. The Morgan fingerprint density at radius 3 is 2.28 bits per heavy atom. The lowest BCUT2D eigenvalue weighted by Gasteiger charge is -2.20. The Morgan fingerprint density at radius 1 is 1.28 bits per heavy atom. The number of rotatable bonds is 5. The molecule has 1 aromatic rings. The van der Waals surface area contributed by atoms with E-state index in [1.807, 2.05) is 6.92 Å². The van der Waals surface area contributed by atoms with Gasteiger partial charge in [0.05, 0.1) is 12.0 Å². The average Bonchev–Trinajstić information content (AvgIpc) is 2.39. The third kappa shape index (κ3) is 2.90. The van der Waals surface area contributed by atoms with E-state index in [4.69, 9.17) is 0 Å². The fourth-order valence-electron chi connectivity index (χ4n) is 1.75. The van der Waals surface area contributed by atoms with E-state index in [-0.39, 0.29) is 10.8 Å². The van der Waals surface area contributed by atoms with Gasteiger partial charge >= 0.3 is 5.97 Å². The van der Waals surface area contributed by atoms with E-state index in [0.29, 0.717) is 6.42 Å². The van der Waals surface area contributed by atoms with E-state index in [0.717, 1.165) is 0 Å². The summed E-state index contributed by atoms with van der Waals surface area (Å²) in [5.74, 6) is -0.990. The van der Waals surface area contributed by atoms with Crippen molar-refractivity contribution in [2.75, 3.05) is 7.11 Å². The number of carbonyl (C=O) groups excluding carboxylic acids is 1. The van der Waals surface area contributed by atoms with E-state index in [1.54, 1.807) is 25.1 Å². The molecule has 0 N–H and O–H groups in total. The van der Waals surface area contributed by atoms with Gasteiger partial charge in [0.2, 0.25) is 0 Å². The second kappa shape index (κ2) is 6.00. The number of ether oxygens (including phenoxy) is 1. The molecule has 2 unspecified atom stereocenters. The molecular weight excluding hydrogens is 252 g/mol. The van der Waals surface area contributed by atoms with Gasteiger partial charge in [0.15, 0.2) is 15.1 Å². The maximum absolute atomic E-state index is 12.4. The molecule has 0 bridgehead atoms. The van der Waals surface area contributed by atoms with Gasteiger partial charge in [-0.15, -0.1) is 0 Å². The predicted molar refractivity (Wildman–Crippen MR) is 68.9 cm³/mol. The molecule has 0 heterocycles. The number of esters is 1. The zero-order valence-electron chi connectivity index (χ0n) is 10.8. The first-order valence-corrected chi connectivity index (χ1v) is 7.36. The van der Waals surface area contributed by atoms with Crippen molar-refractivity contribution in [3.63, 3.8) is 0 Å². The topological polar surface area (TPSA) is 60.4 Å². The van der Waals surface area contributed by atoms with E-state index in [1.165, 1.54) is 19.2 Å². The molecule has 0 amide bonds. The Bertz CT molecular complexity index is 493. The minimum Gasteiger partial charge on any atom is -0.468 e. The van der Waals surface area contributed by atoms with Gasteiger partial charge in [0, 0.05) is 0 Å². The van der Waals surface area contributed by atoms with Gasteiger partial charge in [-0.2, -0.15) is 0 Å². The predicted octanol–water partition coefficient (Wildman–Crippen LogP) is 2.05. The Balaban J connectivity index is 3.25. The molecule has 100 valence electrons. The van der Waals surface area contributed by atoms with Crippen LogP contribution in [0.4, 0.5) is 0 Å². The molecule has 18 heavy (non-hydrogen) atoms. The van der Waals surface area contributed by atoms with E-state index < -0.39 is 21.1 Å². The molecule has 5 heteroatoms. The highest BCUT2D eigenvalue weighted by molar-refractivity contribution is 7.92. The minimum atomic E-state index is -3.70. The Labute approximate surface area is 108 Å². The fourth-order valence-corrected chi connectivity index (χ4v) is 3.74. The molecule has 0 aliphatic rings. The molecule has 4 nitrogen and oxygen atoms in total. The van der Waals surface area contributed by atoms with E-state index in [9.17, 15) is 13.2 Å². The van der Waals surface area contributed by atoms with Gasteiger partial charge in [0.25, 0.3) is 0 Å². The lowest BCUT2D eigenvalue weighted by Crippen LogP contribution is -2.37. The summed E-state index contributed by atoms with van der Waals surface area (Å²) < 4.78 is 29.5. The Hall–Kier alpha value is -1.36. The molecular formula is C13H18O4S. The van der Waals surface area contributed by atoms with Crippen LogP contribution in [0.25, 0.3) is 0 Å². The zero-order valence-corrected chi connectivity index (χ0v) is 11.6. The zero-order chi connectivity index (χ0) is 13.8. The summed E-state index contributed by atoms with van der Waals surface area (Å²) in [6, 6.07) is 7.99. The summed E-state index contributed by atoms with van der Waals surface area (Å²) in [5.41, 5.74) is 0. The number of sulfone groups is 1. The van der Waals surface area contributed by atoms with Crippen LogP contribution in [-0.2, 0) is 19.4 Å². The number of benzene rings is 1. The van der Waals surface area contributed by atoms with Crippen LogP contribution in [0, 0.1) is 5.92 Å². The average molecular weight is 270 g/mol. The van der Waals surface area contributed by atoms with E-state index in [2.05, 4.69) is 4.74 Å². The Morgan fingerprint density at radius 2 is 1.83 bits per heavy atom. The number of hydrogen-bond donors (Lipinski definition) is 0. The summed E-state index contributed by atoms with van der Waals surface area (Å²) in [7, 11) is -2.49. The summed E-state index contributed by atoms with van der Waals surface area (Å²) in [4.78, 5) is 11.9. The summed E-state index contributed by atoms with van der Waals surface area (Å²) in [5, 5.41) is -1.14. The van der Waals surface area contributed by atoms with Crippen molar-refractivity contribution in [2.45, 2.75) is 30.4 Å². The van der Waals surface area contributed by atoms with Crippen molar-refractivity contribution in [3.8, 4) is 0 Å². The maximum atomic E-state index is 12.4. The maximum Gasteiger partial charge on any atom is 0.324 e. The van der Waals surface area contributed by atoms with Gasteiger partial charge < -0.3 is 4.74 Å². The van der Waals surface area contributed by atoms with E-state index >= 15 is 0 Å². The van der Waals surface area contributed by atoms with Crippen molar-refractivity contribution in [2.24, 2.45) is 5.92 Å². The van der Waals surface area contributed by atoms with Crippen LogP contribution in [-0.4, -0.2) is 26.7 Å². The quantitative estimate of drug-likeness (QED) is 0.768. The van der Waals surface area contributed by atoms with Crippen molar-refractivity contribution in [1.82, 2.24) is 0 Å². The standard InChI is InChI=1S/C13H18O4S/c1-4-10(2)12(13(14)17-3)18(15,16)11-8-6-5-7-9-11/h5-10,12H,4H2,1-3H3. The molecule has 0 aromatic heterocycles. The number of carbonyl (C=O) groups is 1. The van der Waals surface area contributed by atoms with Crippen molar-refractivity contribution < 1.29 is 17.9 Å². The van der Waals surface area contributed by atoms with Crippen LogP contribution < -0.4 is 0 Å². The molecule has 0 saturated carbocycles. The SMILES string of the molecule is CCC(C)C(C(=O)OC)S(=O)(=O)c1ccccc1. The number of hydrogen-bond acceptors (Lipinski definition) is 4. The fraction of sp³-hybridized carbons (Fsp3) is 0.462. The Kier molecular flexibility index (Phi) is 4.90. The summed E-state index contributed by atoms with van der Waals surface area (Å²) in [6.07, 6.45) is 0.589. The largest absolute Gasteiger partial charge is 0.468 e. The summed E-state index contributed by atoms with van der Waals surface area (Å²) >= 11 is 0. The van der Waals surface area contributed by atoms with Gasteiger partial charge in [0.1, 0.15) is 0 Å². The van der Waals surface area contributed by atoms with Crippen molar-refractivity contribution in [3.05, 3.63) is 30.3 Å². The van der Waals surface area contributed by atoms with Gasteiger partial charge in [-0.25, -0.2) is 8.42 Å². The molecule has 1 rings (SSSR count). The third-order valence-corrected chi connectivity index (χ3v) is 5.26. The van der Waals surface area contributed by atoms with Crippen molar-refractivity contribution in [1.29, 1.82) is 0 Å². The molecule has 1 aromatic carbocycles. The van der Waals surface area contributed by atoms with Gasteiger partial charge in [-0.1, -0.05) is 38.5 Å². The van der Waals surface area contributed by atoms with Crippen LogP contribution in [0.1, 0.15) is 20.3 Å². The monoisotopic (exact) mass is 270 g/mol. The molecule has 0 radical (unpaired) electrons. The van der Waals surface area contributed by atoms with Gasteiger partial charge in [-0.3, -0.25) is 4.79 Å². The first kappa shape index (κ1) is 14.7. The third-order valence-electron chi connectivity index (χ3n) is 3.00. The molecule has 0 aliphatic heterocycles. The first-order valence-electron chi connectivity index (χ1n) is 5.82. The van der Waals surface area contributed by atoms with Crippen LogP contribution in [0.2, 0.25) is 0 Å². The summed E-state index contributed by atoms with van der Waals surface area (Å²) in [6.45, 7) is 3.59. The second-order valence-electron chi connectivity index (χ2n) is 4.19. The smallest absolute Gasteiger partial charge is 0.324 e. The van der Waals surface area contributed by atoms with Crippen LogP contribution in [0.5, 0.6) is 0 Å². The van der Waals surface area contributed by atoms with Crippen LogP contribution >= 0.6 is 0 Å². The highest BCUT2D eigenvalue weighted by atomic mass is 32.2. The first-order chi connectivity index (χ1) is 8.45. The molecule has 0 fully saturated rings. The molecule has 0 saturated heterocycles. The molecule has 0 aliphatic carbocycles. The van der Waals surface area contributed by atoms with Crippen molar-refractivity contribution >= 4 is 15.8 Å².